The Morgan fingerprint density at radius 2 is 1.14 bits per heavy atom. The first-order valence-electron chi connectivity index (χ1n) is 10.0. The molecule has 0 saturated heterocycles. The lowest BCUT2D eigenvalue weighted by Crippen LogP contribution is -2.24. The zero-order valence-electron chi connectivity index (χ0n) is 15.0. The Balaban J connectivity index is 2.18. The fourth-order valence-corrected chi connectivity index (χ4v) is 3.67. The molecule has 0 heterocycles. The first-order chi connectivity index (χ1) is 10.3. The van der Waals surface area contributed by atoms with Gasteiger partial charge < -0.3 is 5.32 Å². The van der Waals surface area contributed by atoms with Crippen LogP contribution in [0.4, 0.5) is 0 Å². The highest BCUT2D eigenvalue weighted by molar-refractivity contribution is 4.64. The summed E-state index contributed by atoms with van der Waals surface area (Å²) < 4.78 is 0. The molecule has 0 aromatic rings. The van der Waals surface area contributed by atoms with Crippen molar-refractivity contribution in [2.45, 2.75) is 116 Å². The molecule has 1 aliphatic carbocycles. The molecule has 21 heavy (non-hydrogen) atoms. The maximum absolute atomic E-state index is 3.57. The highest BCUT2D eigenvalue weighted by atomic mass is 14.9. The second-order valence-corrected chi connectivity index (χ2v) is 7.58. The van der Waals surface area contributed by atoms with Crippen molar-refractivity contribution in [2.24, 2.45) is 5.92 Å². The molecule has 0 unspecified atom stereocenters. The Labute approximate surface area is 134 Å². The van der Waals surface area contributed by atoms with Gasteiger partial charge in [-0.05, 0) is 25.3 Å². The number of nitrogens with one attached hydrogen (secondary N) is 1. The standard InChI is InChI=1S/C20H41N/c1-19(2)21-18-14-17-20-15-12-10-8-6-4-3-5-7-9-11-13-16-20/h19-21H,3-18H2,1-2H3. The maximum Gasteiger partial charge on any atom is 0.00103 e. The molecule has 0 radical (unpaired) electrons. The van der Waals surface area contributed by atoms with Crippen molar-refractivity contribution in [3.05, 3.63) is 0 Å². The van der Waals surface area contributed by atoms with E-state index in [0.29, 0.717) is 6.04 Å². The van der Waals surface area contributed by atoms with Crippen LogP contribution in [-0.2, 0) is 0 Å². The van der Waals surface area contributed by atoms with E-state index in [0.717, 1.165) is 5.92 Å². The predicted molar refractivity (Wildman–Crippen MR) is 95.9 cm³/mol. The van der Waals surface area contributed by atoms with E-state index in [1.807, 2.05) is 0 Å². The van der Waals surface area contributed by atoms with Crippen LogP contribution in [0.25, 0.3) is 0 Å². The molecule has 1 nitrogen and oxygen atoms in total. The molecule has 1 fully saturated rings. The minimum atomic E-state index is 0.647. The van der Waals surface area contributed by atoms with Gasteiger partial charge in [0.25, 0.3) is 0 Å². The molecule has 1 rings (SSSR count). The number of rotatable bonds is 5. The van der Waals surface area contributed by atoms with E-state index in [4.69, 9.17) is 0 Å². The van der Waals surface area contributed by atoms with E-state index < -0.39 is 0 Å². The number of hydrogen-bond donors (Lipinski definition) is 1. The van der Waals surface area contributed by atoms with E-state index in [-0.39, 0.29) is 0 Å². The molecule has 1 saturated carbocycles. The summed E-state index contributed by atoms with van der Waals surface area (Å²) in [6, 6.07) is 0.647. The van der Waals surface area contributed by atoms with Crippen LogP contribution in [0.1, 0.15) is 110 Å². The van der Waals surface area contributed by atoms with Crippen molar-refractivity contribution in [3.63, 3.8) is 0 Å². The van der Waals surface area contributed by atoms with Gasteiger partial charge >= 0.3 is 0 Å². The van der Waals surface area contributed by atoms with E-state index in [9.17, 15) is 0 Å². The first kappa shape index (κ1) is 19.0. The highest BCUT2D eigenvalue weighted by Gasteiger charge is 2.09. The summed E-state index contributed by atoms with van der Waals surface area (Å²) in [6.07, 6.45) is 22.2. The molecule has 0 aromatic heterocycles. The van der Waals surface area contributed by atoms with Crippen LogP contribution in [0.3, 0.4) is 0 Å². The van der Waals surface area contributed by atoms with Crippen molar-refractivity contribution in [3.8, 4) is 0 Å². The van der Waals surface area contributed by atoms with Gasteiger partial charge in [0.1, 0.15) is 0 Å². The van der Waals surface area contributed by atoms with Gasteiger partial charge in [-0.1, -0.05) is 97.3 Å². The summed E-state index contributed by atoms with van der Waals surface area (Å²) in [5, 5.41) is 3.57. The SMILES string of the molecule is CC(C)NCCCC1CCCCCCCCCCCCC1. The molecule has 0 spiro atoms. The highest BCUT2D eigenvalue weighted by Crippen LogP contribution is 2.24. The van der Waals surface area contributed by atoms with Crippen LogP contribution in [0, 0.1) is 5.92 Å². The molecule has 0 atom stereocenters. The van der Waals surface area contributed by atoms with Gasteiger partial charge in [0.15, 0.2) is 0 Å². The van der Waals surface area contributed by atoms with Crippen LogP contribution in [-0.4, -0.2) is 12.6 Å². The predicted octanol–water partition coefficient (Wildman–Crippen LogP) is 6.47. The van der Waals surface area contributed by atoms with Gasteiger partial charge in [0.05, 0.1) is 0 Å². The molecular weight excluding hydrogens is 254 g/mol. The van der Waals surface area contributed by atoms with Crippen molar-refractivity contribution in [2.75, 3.05) is 6.54 Å². The maximum atomic E-state index is 3.57. The van der Waals surface area contributed by atoms with Crippen LogP contribution >= 0.6 is 0 Å². The monoisotopic (exact) mass is 295 g/mol. The van der Waals surface area contributed by atoms with Gasteiger partial charge in [0.2, 0.25) is 0 Å². The van der Waals surface area contributed by atoms with Gasteiger partial charge in [-0.25, -0.2) is 0 Å². The van der Waals surface area contributed by atoms with Gasteiger partial charge in [-0.2, -0.15) is 0 Å². The Morgan fingerprint density at radius 3 is 1.57 bits per heavy atom. The summed E-state index contributed by atoms with van der Waals surface area (Å²) in [4.78, 5) is 0. The smallest absolute Gasteiger partial charge is 0.00103 e. The first-order valence-corrected chi connectivity index (χ1v) is 10.0. The third-order valence-corrected chi connectivity index (χ3v) is 5.07. The minimum Gasteiger partial charge on any atom is -0.315 e. The lowest BCUT2D eigenvalue weighted by atomic mass is 9.90. The third kappa shape index (κ3) is 12.2. The van der Waals surface area contributed by atoms with Crippen molar-refractivity contribution in [1.82, 2.24) is 5.32 Å². The number of hydrogen-bond acceptors (Lipinski definition) is 1. The topological polar surface area (TPSA) is 12.0 Å². The zero-order chi connectivity index (χ0) is 15.2. The third-order valence-electron chi connectivity index (χ3n) is 5.07. The van der Waals surface area contributed by atoms with Crippen molar-refractivity contribution in [1.29, 1.82) is 0 Å². The van der Waals surface area contributed by atoms with E-state index in [1.165, 1.54) is 103 Å². The summed E-state index contributed by atoms with van der Waals surface area (Å²) in [5.41, 5.74) is 0. The second kappa shape index (κ2) is 13.6. The lowest BCUT2D eigenvalue weighted by Gasteiger charge is -2.18. The molecule has 0 bridgehead atoms. The average molecular weight is 296 g/mol. The minimum absolute atomic E-state index is 0.647. The zero-order valence-corrected chi connectivity index (χ0v) is 15.0. The van der Waals surface area contributed by atoms with Crippen molar-refractivity contribution >= 4 is 0 Å². The van der Waals surface area contributed by atoms with Crippen LogP contribution in [0.5, 0.6) is 0 Å². The summed E-state index contributed by atoms with van der Waals surface area (Å²) >= 11 is 0. The summed E-state index contributed by atoms with van der Waals surface area (Å²) in [6.45, 7) is 5.72. The Hall–Kier alpha value is -0.0400. The average Bonchev–Trinajstić information content (AvgIpc) is 2.46. The largest absolute Gasteiger partial charge is 0.315 e. The Bertz CT molecular complexity index is 198. The van der Waals surface area contributed by atoms with Crippen LogP contribution in [0.2, 0.25) is 0 Å². The molecule has 126 valence electrons. The molecular formula is C20H41N. The second-order valence-electron chi connectivity index (χ2n) is 7.58. The lowest BCUT2D eigenvalue weighted by molar-refractivity contribution is 0.364. The van der Waals surface area contributed by atoms with Gasteiger partial charge in [-0.15, -0.1) is 0 Å². The quantitative estimate of drug-likeness (QED) is 0.573. The summed E-state index contributed by atoms with van der Waals surface area (Å²) in [5.74, 6) is 1.02. The molecule has 0 aliphatic heterocycles. The van der Waals surface area contributed by atoms with Crippen molar-refractivity contribution < 1.29 is 0 Å². The Morgan fingerprint density at radius 1 is 0.714 bits per heavy atom. The van der Waals surface area contributed by atoms with E-state index in [2.05, 4.69) is 19.2 Å². The normalized spacial score (nSPS) is 21.3. The van der Waals surface area contributed by atoms with Crippen LogP contribution < -0.4 is 5.32 Å². The molecule has 1 N–H and O–H groups in total. The van der Waals surface area contributed by atoms with E-state index in [1.54, 1.807) is 0 Å². The fraction of sp³-hybridized carbons (Fsp3) is 1.00. The molecule has 0 amide bonds. The fourth-order valence-electron chi connectivity index (χ4n) is 3.67. The van der Waals surface area contributed by atoms with Gasteiger partial charge in [0, 0.05) is 6.04 Å². The molecule has 1 aliphatic rings. The summed E-state index contributed by atoms with van der Waals surface area (Å²) in [7, 11) is 0. The van der Waals surface area contributed by atoms with Gasteiger partial charge in [-0.3, -0.25) is 0 Å². The van der Waals surface area contributed by atoms with E-state index >= 15 is 0 Å². The molecule has 0 aromatic carbocycles. The Kier molecular flexibility index (Phi) is 12.3. The van der Waals surface area contributed by atoms with Crippen LogP contribution in [0.15, 0.2) is 0 Å². The molecule has 1 heteroatoms.